The van der Waals surface area contributed by atoms with Gasteiger partial charge in [0.25, 0.3) is 0 Å². The van der Waals surface area contributed by atoms with E-state index < -0.39 is 0 Å². The Morgan fingerprint density at radius 3 is 2.62 bits per heavy atom. The molecule has 1 aromatic carbocycles. The molecule has 1 amide bonds. The third kappa shape index (κ3) is 4.21. The molecule has 0 spiro atoms. The predicted octanol–water partition coefficient (Wildman–Crippen LogP) is 2.60. The summed E-state index contributed by atoms with van der Waals surface area (Å²) in [7, 11) is 1.67. The number of hydrogen-bond acceptors (Lipinski definition) is 3. The van der Waals surface area contributed by atoms with E-state index in [1.807, 2.05) is 17.0 Å². The number of benzene rings is 1. The van der Waals surface area contributed by atoms with Gasteiger partial charge >= 0.3 is 0 Å². The number of carbonyl (C=O) groups excluding carboxylic acids is 1. The second kappa shape index (κ2) is 7.46. The molecule has 116 valence electrons. The van der Waals surface area contributed by atoms with Gasteiger partial charge in [0.1, 0.15) is 5.75 Å². The predicted molar refractivity (Wildman–Crippen MR) is 84.4 cm³/mol. The van der Waals surface area contributed by atoms with Gasteiger partial charge in [-0.3, -0.25) is 4.79 Å². The van der Waals surface area contributed by atoms with Gasteiger partial charge in [-0.05, 0) is 36.6 Å². The van der Waals surface area contributed by atoms with Crippen LogP contribution >= 0.6 is 0 Å². The second-order valence-corrected chi connectivity index (χ2v) is 5.89. The Kier molecular flexibility index (Phi) is 5.62. The highest BCUT2D eigenvalue weighted by molar-refractivity contribution is 5.78. The van der Waals surface area contributed by atoms with E-state index in [4.69, 9.17) is 4.74 Å². The smallest absolute Gasteiger partial charge is 0.222 e. The van der Waals surface area contributed by atoms with Crippen LogP contribution in [-0.4, -0.2) is 37.6 Å². The van der Waals surface area contributed by atoms with Crippen molar-refractivity contribution in [1.29, 1.82) is 0 Å². The monoisotopic (exact) mass is 290 g/mol. The maximum atomic E-state index is 12.0. The molecule has 4 heteroatoms. The zero-order valence-corrected chi connectivity index (χ0v) is 13.3. The van der Waals surface area contributed by atoms with Crippen molar-refractivity contribution in [2.75, 3.05) is 26.7 Å². The maximum absolute atomic E-state index is 12.0. The molecule has 0 aliphatic carbocycles. The quantitative estimate of drug-likeness (QED) is 0.839. The van der Waals surface area contributed by atoms with Crippen LogP contribution in [0.15, 0.2) is 24.3 Å². The van der Waals surface area contributed by atoms with E-state index in [1.54, 1.807) is 7.11 Å². The average molecular weight is 290 g/mol. The van der Waals surface area contributed by atoms with Crippen molar-refractivity contribution in [1.82, 2.24) is 10.2 Å². The van der Waals surface area contributed by atoms with Crippen molar-refractivity contribution in [3.8, 4) is 5.75 Å². The Morgan fingerprint density at radius 1 is 1.38 bits per heavy atom. The summed E-state index contributed by atoms with van der Waals surface area (Å²) in [4.78, 5) is 14.0. The molecular weight excluding hydrogens is 264 g/mol. The van der Waals surface area contributed by atoms with Crippen molar-refractivity contribution in [2.24, 2.45) is 5.92 Å². The molecule has 1 aromatic rings. The fourth-order valence-corrected chi connectivity index (χ4v) is 2.81. The molecule has 1 fully saturated rings. The highest BCUT2D eigenvalue weighted by atomic mass is 16.5. The van der Waals surface area contributed by atoms with Crippen LogP contribution in [0, 0.1) is 5.92 Å². The Labute approximate surface area is 127 Å². The SMILES string of the molecule is CCCNC(CN1CC(C)CC1=O)c1ccc(OC)cc1. The largest absolute Gasteiger partial charge is 0.497 e. The minimum Gasteiger partial charge on any atom is -0.497 e. The Morgan fingerprint density at radius 2 is 2.10 bits per heavy atom. The first-order valence-corrected chi connectivity index (χ1v) is 7.79. The van der Waals surface area contributed by atoms with Gasteiger partial charge in [-0.1, -0.05) is 26.0 Å². The lowest BCUT2D eigenvalue weighted by atomic mass is 10.1. The van der Waals surface area contributed by atoms with Crippen LogP contribution in [0.1, 0.15) is 38.3 Å². The number of ether oxygens (including phenoxy) is 1. The van der Waals surface area contributed by atoms with Crippen LogP contribution in [0.2, 0.25) is 0 Å². The summed E-state index contributed by atoms with van der Waals surface area (Å²) < 4.78 is 5.21. The topological polar surface area (TPSA) is 41.6 Å². The summed E-state index contributed by atoms with van der Waals surface area (Å²) in [6.07, 6.45) is 1.76. The van der Waals surface area contributed by atoms with Crippen LogP contribution in [0.5, 0.6) is 5.75 Å². The average Bonchev–Trinajstić information content (AvgIpc) is 2.81. The first-order chi connectivity index (χ1) is 10.1. The number of rotatable bonds is 7. The van der Waals surface area contributed by atoms with Gasteiger partial charge in [0.15, 0.2) is 0 Å². The molecule has 2 rings (SSSR count). The molecule has 0 radical (unpaired) electrons. The summed E-state index contributed by atoms with van der Waals surface area (Å²) in [6, 6.07) is 8.30. The molecule has 0 saturated carbocycles. The summed E-state index contributed by atoms with van der Waals surface area (Å²) in [5.41, 5.74) is 1.21. The molecular formula is C17H26N2O2. The van der Waals surface area contributed by atoms with Gasteiger partial charge in [-0.15, -0.1) is 0 Å². The molecule has 0 aromatic heterocycles. The summed E-state index contributed by atoms with van der Waals surface area (Å²) >= 11 is 0. The minimum atomic E-state index is 0.185. The molecule has 1 heterocycles. The van der Waals surface area contributed by atoms with Crippen molar-refractivity contribution < 1.29 is 9.53 Å². The number of carbonyl (C=O) groups is 1. The first-order valence-electron chi connectivity index (χ1n) is 7.79. The summed E-state index contributed by atoms with van der Waals surface area (Å²) in [6.45, 7) is 6.87. The molecule has 0 bridgehead atoms. The van der Waals surface area contributed by atoms with Gasteiger partial charge in [-0.2, -0.15) is 0 Å². The molecule has 4 nitrogen and oxygen atoms in total. The van der Waals surface area contributed by atoms with Gasteiger partial charge in [-0.25, -0.2) is 0 Å². The van der Waals surface area contributed by atoms with Gasteiger partial charge in [0, 0.05) is 25.6 Å². The van der Waals surface area contributed by atoms with E-state index in [2.05, 4.69) is 31.3 Å². The van der Waals surface area contributed by atoms with Gasteiger partial charge in [0.05, 0.1) is 7.11 Å². The number of likely N-dealkylation sites (tertiary alicyclic amines) is 1. The fraction of sp³-hybridized carbons (Fsp3) is 0.588. The van der Waals surface area contributed by atoms with Crippen LogP contribution < -0.4 is 10.1 Å². The van der Waals surface area contributed by atoms with Crippen LogP contribution in [0.4, 0.5) is 0 Å². The molecule has 1 saturated heterocycles. The molecule has 1 aliphatic heterocycles. The number of amides is 1. The van der Waals surface area contributed by atoms with E-state index in [1.165, 1.54) is 5.56 Å². The maximum Gasteiger partial charge on any atom is 0.222 e. The molecule has 2 atom stereocenters. The number of nitrogens with one attached hydrogen (secondary N) is 1. The van der Waals surface area contributed by atoms with Crippen molar-refractivity contribution in [2.45, 2.75) is 32.7 Å². The lowest BCUT2D eigenvalue weighted by Gasteiger charge is -2.25. The molecule has 1 N–H and O–H groups in total. The Bertz CT molecular complexity index is 458. The van der Waals surface area contributed by atoms with E-state index in [0.717, 1.165) is 31.8 Å². The van der Waals surface area contributed by atoms with Crippen molar-refractivity contribution in [3.63, 3.8) is 0 Å². The zero-order chi connectivity index (χ0) is 15.2. The fourth-order valence-electron chi connectivity index (χ4n) is 2.81. The van der Waals surface area contributed by atoms with Crippen LogP contribution in [0.3, 0.4) is 0 Å². The second-order valence-electron chi connectivity index (χ2n) is 5.89. The highest BCUT2D eigenvalue weighted by Crippen LogP contribution is 2.23. The van der Waals surface area contributed by atoms with E-state index >= 15 is 0 Å². The summed E-state index contributed by atoms with van der Waals surface area (Å²) in [5, 5.41) is 3.55. The third-order valence-corrected chi connectivity index (χ3v) is 3.97. The Hall–Kier alpha value is -1.55. The molecule has 21 heavy (non-hydrogen) atoms. The number of nitrogens with zero attached hydrogens (tertiary/aromatic N) is 1. The standard InChI is InChI=1S/C17H26N2O2/c1-4-9-18-16(12-19-11-13(2)10-17(19)20)14-5-7-15(21-3)8-6-14/h5-8,13,16,18H,4,9-12H2,1-3H3. The van der Waals surface area contributed by atoms with Gasteiger partial charge < -0.3 is 15.0 Å². The molecule has 2 unspecified atom stereocenters. The van der Waals surface area contributed by atoms with Crippen molar-refractivity contribution >= 4 is 5.91 Å². The number of methoxy groups -OCH3 is 1. The Balaban J connectivity index is 2.07. The molecule has 1 aliphatic rings. The third-order valence-electron chi connectivity index (χ3n) is 3.97. The lowest BCUT2D eigenvalue weighted by Crippen LogP contribution is -2.36. The zero-order valence-electron chi connectivity index (χ0n) is 13.3. The van der Waals surface area contributed by atoms with E-state index in [-0.39, 0.29) is 11.9 Å². The van der Waals surface area contributed by atoms with Gasteiger partial charge in [0.2, 0.25) is 5.91 Å². The van der Waals surface area contributed by atoms with Crippen molar-refractivity contribution in [3.05, 3.63) is 29.8 Å². The minimum absolute atomic E-state index is 0.185. The lowest BCUT2D eigenvalue weighted by molar-refractivity contribution is -0.128. The first kappa shape index (κ1) is 15.8. The van der Waals surface area contributed by atoms with E-state index in [0.29, 0.717) is 12.3 Å². The highest BCUT2D eigenvalue weighted by Gasteiger charge is 2.28. The normalized spacial score (nSPS) is 19.9. The number of hydrogen-bond donors (Lipinski definition) is 1. The van der Waals surface area contributed by atoms with E-state index in [9.17, 15) is 4.79 Å². The van der Waals surface area contributed by atoms with Crippen LogP contribution in [-0.2, 0) is 4.79 Å². The van der Waals surface area contributed by atoms with Crippen LogP contribution in [0.25, 0.3) is 0 Å². The summed E-state index contributed by atoms with van der Waals surface area (Å²) in [5.74, 6) is 1.61.